The maximum Gasteiger partial charge on any atom is 0.318 e. The van der Waals surface area contributed by atoms with E-state index in [4.69, 9.17) is 30.5 Å². The van der Waals surface area contributed by atoms with E-state index in [1.807, 2.05) is 0 Å². The second kappa shape index (κ2) is 11.3. The summed E-state index contributed by atoms with van der Waals surface area (Å²) in [5.74, 6) is 0.503. The Morgan fingerprint density at radius 2 is 1.73 bits per heavy atom. The molecule has 0 aliphatic carbocycles. The summed E-state index contributed by atoms with van der Waals surface area (Å²) >= 11 is 7.08. The molecule has 1 saturated heterocycles. The van der Waals surface area contributed by atoms with Gasteiger partial charge in [-0.15, -0.1) is 0 Å². The minimum absolute atomic E-state index is 0.0533. The van der Waals surface area contributed by atoms with Gasteiger partial charge >= 0.3 is 5.69 Å². The number of nitro benzene ring substituents is 2. The zero-order valence-electron chi connectivity index (χ0n) is 21.0. The van der Waals surface area contributed by atoms with Crippen molar-refractivity contribution in [1.29, 1.82) is 0 Å². The monoisotopic (exact) mass is 599 g/mol. The number of rotatable bonds is 9. The highest BCUT2D eigenvalue weighted by molar-refractivity contribution is 8.18. The number of imide groups is 1. The molecule has 41 heavy (non-hydrogen) atoms. The van der Waals surface area contributed by atoms with Crippen LogP contribution in [0.1, 0.15) is 18.1 Å². The number of thioether (sulfide) groups is 1. The van der Waals surface area contributed by atoms with Gasteiger partial charge in [0.05, 0.1) is 34.0 Å². The van der Waals surface area contributed by atoms with Crippen molar-refractivity contribution in [2.75, 3.05) is 13.4 Å². The van der Waals surface area contributed by atoms with Crippen LogP contribution in [0.15, 0.2) is 53.4 Å². The minimum atomic E-state index is -0.788. The molecular formula is C26H18ClN3O10S. The van der Waals surface area contributed by atoms with Crippen LogP contribution in [0.5, 0.6) is 28.7 Å². The second-order valence-electron chi connectivity index (χ2n) is 8.47. The number of hydrogen-bond acceptors (Lipinski definition) is 11. The molecule has 2 aliphatic rings. The molecule has 210 valence electrons. The molecule has 15 heteroatoms. The number of carbonyl (C=O) groups excluding carboxylic acids is 2. The number of nitro groups is 2. The van der Waals surface area contributed by atoms with Crippen molar-refractivity contribution in [2.24, 2.45) is 0 Å². The lowest BCUT2D eigenvalue weighted by molar-refractivity contribution is -0.394. The van der Waals surface area contributed by atoms with Crippen LogP contribution in [0.2, 0.25) is 5.02 Å². The van der Waals surface area contributed by atoms with E-state index in [0.29, 0.717) is 27.6 Å². The first-order valence-corrected chi connectivity index (χ1v) is 13.0. The van der Waals surface area contributed by atoms with Crippen molar-refractivity contribution in [3.05, 3.63) is 89.8 Å². The zero-order valence-corrected chi connectivity index (χ0v) is 22.6. The second-order valence-corrected chi connectivity index (χ2v) is 9.87. The molecule has 2 aliphatic heterocycles. The van der Waals surface area contributed by atoms with Crippen LogP contribution in [0.3, 0.4) is 0 Å². The molecule has 2 amide bonds. The molecule has 0 unspecified atom stereocenters. The first kappa shape index (κ1) is 27.7. The Morgan fingerprint density at radius 3 is 2.44 bits per heavy atom. The van der Waals surface area contributed by atoms with Gasteiger partial charge in [0.1, 0.15) is 0 Å². The van der Waals surface area contributed by atoms with E-state index >= 15 is 0 Å². The van der Waals surface area contributed by atoms with Crippen LogP contribution in [0, 0.1) is 20.2 Å². The highest BCUT2D eigenvalue weighted by Crippen LogP contribution is 2.41. The number of carbonyl (C=O) groups is 2. The highest BCUT2D eigenvalue weighted by atomic mass is 35.5. The number of ether oxygens (including phenoxy) is 4. The minimum Gasteiger partial charge on any atom is -0.490 e. The van der Waals surface area contributed by atoms with E-state index in [-0.39, 0.29) is 42.1 Å². The average molecular weight is 600 g/mol. The summed E-state index contributed by atoms with van der Waals surface area (Å²) in [4.78, 5) is 48.0. The number of non-ortho nitro benzene ring substituents is 1. The largest absolute Gasteiger partial charge is 0.490 e. The fourth-order valence-electron chi connectivity index (χ4n) is 3.97. The van der Waals surface area contributed by atoms with Gasteiger partial charge in [0.25, 0.3) is 16.8 Å². The SMILES string of the molecule is CCOc1cc(/C=C2/SC(=O)N(Cc3cc4c(cc3Cl)OCO4)C2=O)ccc1Oc1ccc([N+](=O)[O-])cc1[N+](=O)[O-]. The fourth-order valence-corrected chi connectivity index (χ4v) is 5.02. The third kappa shape index (κ3) is 5.73. The Balaban J connectivity index is 1.38. The Bertz CT molecular complexity index is 1640. The summed E-state index contributed by atoms with van der Waals surface area (Å²) in [5.41, 5.74) is -0.0494. The van der Waals surface area contributed by atoms with Crippen LogP contribution in [-0.2, 0) is 11.3 Å². The average Bonchev–Trinajstić information content (AvgIpc) is 3.49. The molecular weight excluding hydrogens is 582 g/mol. The number of hydrogen-bond donors (Lipinski definition) is 0. The first-order chi connectivity index (χ1) is 19.6. The lowest BCUT2D eigenvalue weighted by Gasteiger charge is -2.14. The predicted molar refractivity (Wildman–Crippen MR) is 147 cm³/mol. The smallest absolute Gasteiger partial charge is 0.318 e. The molecule has 0 saturated carbocycles. The number of amides is 2. The van der Waals surface area contributed by atoms with Gasteiger partial charge in [-0.1, -0.05) is 17.7 Å². The number of fused-ring (bicyclic) bond motifs is 1. The predicted octanol–water partition coefficient (Wildman–Crippen LogP) is 6.31. The fraction of sp³-hybridized carbons (Fsp3) is 0.154. The van der Waals surface area contributed by atoms with Gasteiger partial charge in [0.15, 0.2) is 23.0 Å². The summed E-state index contributed by atoms with van der Waals surface area (Å²) < 4.78 is 22.0. The van der Waals surface area contributed by atoms with Crippen LogP contribution >= 0.6 is 23.4 Å². The van der Waals surface area contributed by atoms with Gasteiger partial charge in [-0.25, -0.2) is 0 Å². The molecule has 0 N–H and O–H groups in total. The van der Waals surface area contributed by atoms with Gasteiger partial charge in [-0.05, 0) is 60.2 Å². The lowest BCUT2D eigenvalue weighted by atomic mass is 10.1. The quantitative estimate of drug-likeness (QED) is 0.154. The summed E-state index contributed by atoms with van der Waals surface area (Å²) in [7, 11) is 0. The van der Waals surface area contributed by atoms with Crippen LogP contribution in [-0.4, -0.2) is 39.3 Å². The van der Waals surface area contributed by atoms with Crippen molar-refractivity contribution in [2.45, 2.75) is 13.5 Å². The molecule has 2 heterocycles. The number of halogens is 1. The van der Waals surface area contributed by atoms with E-state index in [2.05, 4.69) is 0 Å². The Morgan fingerprint density at radius 1 is 1.00 bits per heavy atom. The van der Waals surface area contributed by atoms with Gasteiger partial charge in [-0.2, -0.15) is 0 Å². The molecule has 1 fully saturated rings. The summed E-state index contributed by atoms with van der Waals surface area (Å²) in [6.07, 6.45) is 1.51. The normalized spacial score (nSPS) is 15.0. The van der Waals surface area contributed by atoms with Gasteiger partial charge in [-0.3, -0.25) is 34.7 Å². The summed E-state index contributed by atoms with van der Waals surface area (Å²) in [6.45, 7) is 1.92. The Kier molecular flexibility index (Phi) is 7.68. The maximum absolute atomic E-state index is 13.1. The Hall–Kier alpha value is -4.82. The summed E-state index contributed by atoms with van der Waals surface area (Å²) in [6, 6.07) is 10.8. The molecule has 0 spiro atoms. The van der Waals surface area contributed by atoms with Crippen molar-refractivity contribution in [1.82, 2.24) is 4.90 Å². The molecule has 5 rings (SSSR count). The van der Waals surface area contributed by atoms with Crippen LogP contribution < -0.4 is 18.9 Å². The molecule has 3 aromatic carbocycles. The van der Waals surface area contributed by atoms with E-state index in [1.165, 1.54) is 12.1 Å². The van der Waals surface area contributed by atoms with Crippen molar-refractivity contribution in [3.8, 4) is 28.7 Å². The Labute approximate surface area is 240 Å². The molecule has 3 aromatic rings. The molecule has 0 aromatic heterocycles. The van der Waals surface area contributed by atoms with Gasteiger partial charge in [0, 0.05) is 17.2 Å². The number of nitrogens with zero attached hydrogens (tertiary/aromatic N) is 3. The number of benzene rings is 3. The van der Waals surface area contributed by atoms with E-state index in [9.17, 15) is 29.8 Å². The third-order valence-corrected chi connectivity index (χ3v) is 7.14. The van der Waals surface area contributed by atoms with Crippen molar-refractivity contribution in [3.63, 3.8) is 0 Å². The maximum atomic E-state index is 13.1. The van der Waals surface area contributed by atoms with Crippen LogP contribution in [0.25, 0.3) is 6.08 Å². The van der Waals surface area contributed by atoms with E-state index in [0.717, 1.165) is 34.9 Å². The standard InChI is InChI=1S/C26H18ClN3O10S/c1-2-37-21-7-14(3-5-20(21)40-19-6-4-16(29(33)34)10-18(19)30(35)36)8-24-25(31)28(26(32)41-24)12-15-9-22-23(11-17(15)27)39-13-38-22/h3-11H,2,12-13H2,1H3/b24-8+. The van der Waals surface area contributed by atoms with Crippen molar-refractivity contribution >= 4 is 52.0 Å². The lowest BCUT2D eigenvalue weighted by Crippen LogP contribution is -2.27. The topological polar surface area (TPSA) is 161 Å². The molecule has 0 radical (unpaired) electrons. The third-order valence-electron chi connectivity index (χ3n) is 5.88. The molecule has 0 atom stereocenters. The van der Waals surface area contributed by atoms with E-state index < -0.39 is 32.4 Å². The van der Waals surface area contributed by atoms with Crippen LogP contribution in [0.4, 0.5) is 16.2 Å². The van der Waals surface area contributed by atoms with E-state index in [1.54, 1.807) is 31.2 Å². The highest BCUT2D eigenvalue weighted by Gasteiger charge is 2.36. The summed E-state index contributed by atoms with van der Waals surface area (Å²) in [5, 5.41) is 22.4. The van der Waals surface area contributed by atoms with Gasteiger partial charge in [0.2, 0.25) is 12.5 Å². The zero-order chi connectivity index (χ0) is 29.3. The molecule has 13 nitrogen and oxygen atoms in total. The first-order valence-electron chi connectivity index (χ1n) is 11.9. The molecule has 0 bridgehead atoms. The van der Waals surface area contributed by atoms with Gasteiger partial charge < -0.3 is 18.9 Å². The van der Waals surface area contributed by atoms with Crippen molar-refractivity contribution < 1.29 is 38.4 Å².